The number of aliphatic hydroxyl groups excluding tert-OH is 1. The van der Waals surface area contributed by atoms with E-state index in [1.54, 1.807) is 17.0 Å². The molecule has 0 radical (unpaired) electrons. The third-order valence-corrected chi connectivity index (χ3v) is 8.24. The molecular weight excluding hydrogens is 528 g/mol. The summed E-state index contributed by atoms with van der Waals surface area (Å²) in [6.07, 6.45) is 0. The number of Topliss-reactive ketones (excluding diaryl/α,β-unsaturated/α-hetero) is 1. The first kappa shape index (κ1) is 29.5. The molecule has 1 atom stereocenters. The zero-order valence-electron chi connectivity index (χ0n) is 25.0. The van der Waals surface area contributed by atoms with E-state index in [4.69, 9.17) is 9.47 Å². The van der Waals surface area contributed by atoms with Crippen LogP contribution in [0.3, 0.4) is 0 Å². The lowest BCUT2D eigenvalue weighted by Gasteiger charge is -2.29. The summed E-state index contributed by atoms with van der Waals surface area (Å²) >= 11 is 0. The number of aryl methyl sites for hydroxylation is 1. The van der Waals surface area contributed by atoms with Crippen molar-refractivity contribution in [2.75, 3.05) is 39.4 Å². The van der Waals surface area contributed by atoms with Crippen LogP contribution in [0.2, 0.25) is 0 Å². The largest absolute Gasteiger partial charge is 0.507 e. The molecule has 2 saturated heterocycles. The lowest BCUT2D eigenvalue weighted by Crippen LogP contribution is -3.14. The van der Waals surface area contributed by atoms with Crippen molar-refractivity contribution in [2.45, 2.75) is 45.8 Å². The van der Waals surface area contributed by atoms with Crippen molar-refractivity contribution in [3.8, 4) is 5.75 Å². The van der Waals surface area contributed by atoms with E-state index < -0.39 is 17.7 Å². The van der Waals surface area contributed by atoms with Crippen molar-refractivity contribution in [1.82, 2.24) is 4.90 Å². The van der Waals surface area contributed by atoms with E-state index in [-0.39, 0.29) is 16.7 Å². The lowest BCUT2D eigenvalue weighted by atomic mass is 9.85. The molecule has 0 aromatic heterocycles. The molecule has 7 heteroatoms. The summed E-state index contributed by atoms with van der Waals surface area (Å²) in [5.74, 6) is -0.726. The second-order valence-electron chi connectivity index (χ2n) is 12.2. The quantitative estimate of drug-likeness (QED) is 0.241. The maximum absolute atomic E-state index is 13.6. The van der Waals surface area contributed by atoms with Gasteiger partial charge in [0.25, 0.3) is 11.7 Å². The Balaban J connectivity index is 1.48. The summed E-state index contributed by atoms with van der Waals surface area (Å²) in [6.45, 7) is 13.0. The molecule has 2 N–H and O–H groups in total. The first-order valence-corrected chi connectivity index (χ1v) is 14.7. The van der Waals surface area contributed by atoms with Crippen LogP contribution in [0.25, 0.3) is 5.76 Å². The molecule has 2 aliphatic rings. The van der Waals surface area contributed by atoms with Crippen molar-refractivity contribution >= 4 is 17.4 Å². The Bertz CT molecular complexity index is 1450. The van der Waals surface area contributed by atoms with Gasteiger partial charge in [0.2, 0.25) is 0 Å². The van der Waals surface area contributed by atoms with Crippen LogP contribution in [0.15, 0.2) is 78.4 Å². The molecule has 0 aliphatic carbocycles. The van der Waals surface area contributed by atoms with Crippen molar-refractivity contribution in [3.63, 3.8) is 0 Å². The molecular formula is C35H41N2O5+. The summed E-state index contributed by atoms with van der Waals surface area (Å²) in [7, 11) is 0. The van der Waals surface area contributed by atoms with Crippen molar-refractivity contribution in [3.05, 3.63) is 106 Å². The third kappa shape index (κ3) is 6.42. The summed E-state index contributed by atoms with van der Waals surface area (Å²) in [5.41, 5.74) is 4.37. The highest BCUT2D eigenvalue weighted by Gasteiger charge is 2.46. The van der Waals surface area contributed by atoms with E-state index in [0.29, 0.717) is 44.2 Å². The third-order valence-electron chi connectivity index (χ3n) is 8.24. The number of rotatable bonds is 8. The number of likely N-dealkylation sites (tertiary alicyclic amines) is 1. The average molecular weight is 570 g/mol. The number of amides is 1. The van der Waals surface area contributed by atoms with Gasteiger partial charge < -0.3 is 24.4 Å². The zero-order valence-corrected chi connectivity index (χ0v) is 25.0. The van der Waals surface area contributed by atoms with Gasteiger partial charge in [0, 0.05) is 5.56 Å². The van der Waals surface area contributed by atoms with Crippen molar-refractivity contribution in [2.24, 2.45) is 0 Å². The topological polar surface area (TPSA) is 80.5 Å². The molecule has 2 aliphatic heterocycles. The van der Waals surface area contributed by atoms with Gasteiger partial charge in [-0.3, -0.25) is 9.59 Å². The minimum absolute atomic E-state index is 0.0402. The Morgan fingerprint density at radius 1 is 1.00 bits per heavy atom. The maximum Gasteiger partial charge on any atom is 0.295 e. The second kappa shape index (κ2) is 12.5. The molecule has 0 unspecified atom stereocenters. The fraction of sp³-hybridized carbons (Fsp3) is 0.371. The fourth-order valence-electron chi connectivity index (χ4n) is 5.69. The highest BCUT2D eigenvalue weighted by molar-refractivity contribution is 6.46. The Morgan fingerprint density at radius 2 is 1.69 bits per heavy atom. The minimum atomic E-state index is -0.673. The second-order valence-corrected chi connectivity index (χ2v) is 12.2. The van der Waals surface area contributed by atoms with Gasteiger partial charge in [0.05, 0.1) is 37.9 Å². The Hall–Kier alpha value is -3.94. The van der Waals surface area contributed by atoms with E-state index in [1.807, 2.05) is 67.6 Å². The fourth-order valence-corrected chi connectivity index (χ4v) is 5.69. The van der Waals surface area contributed by atoms with Gasteiger partial charge in [0.1, 0.15) is 31.2 Å². The zero-order chi connectivity index (χ0) is 29.9. The molecule has 7 nitrogen and oxygen atoms in total. The van der Waals surface area contributed by atoms with Crippen LogP contribution in [0.4, 0.5) is 0 Å². The molecule has 0 spiro atoms. The lowest BCUT2D eigenvalue weighted by molar-refractivity contribution is -0.907. The first-order valence-electron chi connectivity index (χ1n) is 14.7. The number of hydrogen-bond donors (Lipinski definition) is 2. The number of carbonyl (C=O) groups excluding carboxylic acids is 2. The molecule has 2 heterocycles. The molecule has 5 rings (SSSR count). The van der Waals surface area contributed by atoms with Gasteiger partial charge in [-0.05, 0) is 52.8 Å². The molecule has 0 bridgehead atoms. The van der Waals surface area contributed by atoms with Crippen molar-refractivity contribution in [1.29, 1.82) is 0 Å². The number of nitrogens with one attached hydrogen (secondary N) is 1. The molecule has 3 aromatic rings. The van der Waals surface area contributed by atoms with Gasteiger partial charge in [-0.2, -0.15) is 0 Å². The molecule has 0 saturated carbocycles. The molecule has 220 valence electrons. The van der Waals surface area contributed by atoms with Crippen LogP contribution in [-0.2, 0) is 26.3 Å². The molecule has 42 heavy (non-hydrogen) atoms. The SMILES string of the molecule is Cc1cc(OCc2ccccc2)ccc1C(O)=C1C(=O)C(=O)N(CC[NH+]2CCOCC2)[C@H]1c1ccc(C(C)(C)C)cc1. The van der Waals surface area contributed by atoms with Gasteiger partial charge in [0.15, 0.2) is 0 Å². The Morgan fingerprint density at radius 3 is 2.33 bits per heavy atom. The summed E-state index contributed by atoms with van der Waals surface area (Å²) < 4.78 is 11.5. The molecule has 1 amide bonds. The average Bonchev–Trinajstić information content (AvgIpc) is 3.24. The van der Waals surface area contributed by atoms with Crippen LogP contribution >= 0.6 is 0 Å². The van der Waals surface area contributed by atoms with Crippen LogP contribution in [0, 0.1) is 6.92 Å². The normalized spacial score (nSPS) is 19.3. The monoisotopic (exact) mass is 569 g/mol. The number of ether oxygens (including phenoxy) is 2. The predicted octanol–water partition coefficient (Wildman–Crippen LogP) is 4.21. The summed E-state index contributed by atoms with van der Waals surface area (Å²) in [6, 6.07) is 22.7. The van der Waals surface area contributed by atoms with Gasteiger partial charge in [-0.1, -0.05) is 75.4 Å². The number of nitrogens with zero attached hydrogens (tertiary/aromatic N) is 1. The van der Waals surface area contributed by atoms with E-state index in [0.717, 1.165) is 35.3 Å². The Kier molecular flexibility index (Phi) is 8.80. The standard InChI is InChI=1S/C35H40N2O5/c1-24-22-28(42-23-25-8-6-5-7-9-25)14-15-29(24)32(38)30-31(26-10-12-27(13-11-26)35(2,3)4)37(34(40)33(30)39)17-16-36-18-20-41-21-19-36/h5-15,22,31,38H,16-21,23H2,1-4H3/p+1/t31-/m0/s1. The van der Waals surface area contributed by atoms with Crippen LogP contribution in [0.5, 0.6) is 5.75 Å². The van der Waals surface area contributed by atoms with E-state index >= 15 is 0 Å². The van der Waals surface area contributed by atoms with Crippen LogP contribution < -0.4 is 9.64 Å². The van der Waals surface area contributed by atoms with Crippen LogP contribution in [0.1, 0.15) is 54.6 Å². The van der Waals surface area contributed by atoms with Gasteiger partial charge in [-0.15, -0.1) is 0 Å². The number of quaternary nitrogens is 1. The number of carbonyl (C=O) groups is 2. The van der Waals surface area contributed by atoms with E-state index in [2.05, 4.69) is 20.8 Å². The first-order chi connectivity index (χ1) is 20.1. The number of ketones is 1. The molecule has 2 fully saturated rings. The number of aliphatic hydroxyl groups is 1. The smallest absolute Gasteiger partial charge is 0.295 e. The van der Waals surface area contributed by atoms with Crippen molar-refractivity contribution < 1.29 is 29.1 Å². The summed E-state index contributed by atoms with van der Waals surface area (Å²) in [5, 5.41) is 11.7. The summed E-state index contributed by atoms with van der Waals surface area (Å²) in [4.78, 5) is 30.0. The molecule has 3 aromatic carbocycles. The van der Waals surface area contributed by atoms with Gasteiger partial charge in [-0.25, -0.2) is 0 Å². The minimum Gasteiger partial charge on any atom is -0.507 e. The van der Waals surface area contributed by atoms with E-state index in [1.165, 1.54) is 4.90 Å². The number of morpholine rings is 1. The van der Waals surface area contributed by atoms with Gasteiger partial charge >= 0.3 is 0 Å². The van der Waals surface area contributed by atoms with Crippen LogP contribution in [-0.4, -0.2) is 61.1 Å². The highest BCUT2D eigenvalue weighted by Crippen LogP contribution is 2.40. The maximum atomic E-state index is 13.6. The number of benzene rings is 3. The van der Waals surface area contributed by atoms with E-state index in [9.17, 15) is 14.7 Å². The number of hydrogen-bond acceptors (Lipinski definition) is 5. The Labute approximate surface area is 248 Å². The highest BCUT2D eigenvalue weighted by atomic mass is 16.5. The predicted molar refractivity (Wildman–Crippen MR) is 162 cm³/mol.